The second-order valence-corrected chi connectivity index (χ2v) is 7.28. The molecule has 5 nitrogen and oxygen atoms in total. The topological polar surface area (TPSA) is 53.4 Å². The third-order valence-electron chi connectivity index (χ3n) is 5.00. The van der Waals surface area contributed by atoms with Gasteiger partial charge < -0.3 is 14.0 Å². The SMILES string of the molecule is COc1ccc(/C=c2\nc(OCC3CC3)/c(=C/c3ccccc3)n(C)c2=O)cc1. The lowest BCUT2D eigenvalue weighted by Gasteiger charge is -2.09. The summed E-state index contributed by atoms with van der Waals surface area (Å²) in [5, 5.41) is 1.03. The Kier molecular flexibility index (Phi) is 5.47. The second-order valence-electron chi connectivity index (χ2n) is 7.28. The molecule has 29 heavy (non-hydrogen) atoms. The van der Waals surface area contributed by atoms with Crippen molar-refractivity contribution in [2.45, 2.75) is 12.8 Å². The van der Waals surface area contributed by atoms with Crippen LogP contribution in [0.25, 0.3) is 12.2 Å². The molecule has 2 aromatic carbocycles. The lowest BCUT2D eigenvalue weighted by molar-refractivity contribution is 0.281. The highest BCUT2D eigenvalue weighted by Crippen LogP contribution is 2.28. The van der Waals surface area contributed by atoms with Crippen LogP contribution in [-0.2, 0) is 7.05 Å². The number of ether oxygens (including phenoxy) is 2. The highest BCUT2D eigenvalue weighted by atomic mass is 16.5. The summed E-state index contributed by atoms with van der Waals surface area (Å²) < 4.78 is 12.8. The normalized spacial score (nSPS) is 14.8. The van der Waals surface area contributed by atoms with Gasteiger partial charge in [0.1, 0.15) is 16.4 Å². The molecule has 5 heteroatoms. The molecule has 0 spiro atoms. The van der Waals surface area contributed by atoms with Crippen molar-refractivity contribution in [1.29, 1.82) is 0 Å². The van der Waals surface area contributed by atoms with E-state index in [1.807, 2.05) is 60.7 Å². The van der Waals surface area contributed by atoms with Gasteiger partial charge in [0.25, 0.3) is 5.56 Å². The zero-order valence-corrected chi connectivity index (χ0v) is 16.7. The first-order valence-corrected chi connectivity index (χ1v) is 9.76. The van der Waals surface area contributed by atoms with Gasteiger partial charge in [0.05, 0.1) is 13.7 Å². The summed E-state index contributed by atoms with van der Waals surface area (Å²) in [7, 11) is 3.38. The van der Waals surface area contributed by atoms with Crippen LogP contribution < -0.4 is 25.7 Å². The summed E-state index contributed by atoms with van der Waals surface area (Å²) in [6, 6.07) is 17.4. The first-order valence-electron chi connectivity index (χ1n) is 9.76. The van der Waals surface area contributed by atoms with E-state index in [0.29, 0.717) is 29.1 Å². The molecule has 1 saturated carbocycles. The van der Waals surface area contributed by atoms with Gasteiger partial charge in [-0.25, -0.2) is 4.98 Å². The molecule has 3 aromatic rings. The molecule has 0 radical (unpaired) electrons. The zero-order valence-electron chi connectivity index (χ0n) is 16.7. The smallest absolute Gasteiger partial charge is 0.276 e. The number of hydrogen-bond acceptors (Lipinski definition) is 4. The van der Waals surface area contributed by atoms with E-state index in [9.17, 15) is 4.79 Å². The molecule has 1 aliphatic carbocycles. The number of rotatable bonds is 6. The van der Waals surface area contributed by atoms with Crippen LogP contribution in [0.3, 0.4) is 0 Å². The molecule has 1 aliphatic rings. The molecule has 0 N–H and O–H groups in total. The highest BCUT2D eigenvalue weighted by Gasteiger charge is 2.22. The fraction of sp³-hybridized carbons (Fsp3) is 0.250. The monoisotopic (exact) mass is 388 g/mol. The predicted octanol–water partition coefficient (Wildman–Crippen LogP) is 2.24. The van der Waals surface area contributed by atoms with Crippen molar-refractivity contribution in [3.05, 3.63) is 86.8 Å². The Balaban J connectivity index is 1.83. The lowest BCUT2D eigenvalue weighted by Crippen LogP contribution is -2.44. The molecule has 0 unspecified atom stereocenters. The van der Waals surface area contributed by atoms with Gasteiger partial charge in [-0.2, -0.15) is 0 Å². The van der Waals surface area contributed by atoms with E-state index in [0.717, 1.165) is 16.9 Å². The van der Waals surface area contributed by atoms with Crippen LogP contribution in [0.4, 0.5) is 0 Å². The number of hydrogen-bond donors (Lipinski definition) is 0. The van der Waals surface area contributed by atoms with Gasteiger partial charge in [-0.15, -0.1) is 0 Å². The summed E-state index contributed by atoms with van der Waals surface area (Å²) >= 11 is 0. The molecular formula is C24H24N2O3. The third-order valence-corrected chi connectivity index (χ3v) is 5.00. The van der Waals surface area contributed by atoms with Crippen molar-refractivity contribution in [2.24, 2.45) is 13.0 Å². The average molecular weight is 388 g/mol. The second kappa shape index (κ2) is 8.35. The first kappa shape index (κ1) is 19.0. The van der Waals surface area contributed by atoms with Crippen LogP contribution in [0.15, 0.2) is 59.4 Å². The zero-order chi connectivity index (χ0) is 20.2. The van der Waals surface area contributed by atoms with Gasteiger partial charge in [-0.3, -0.25) is 4.79 Å². The van der Waals surface area contributed by atoms with E-state index in [2.05, 4.69) is 4.98 Å². The summed E-state index contributed by atoms with van der Waals surface area (Å²) in [6.07, 6.45) is 6.09. The van der Waals surface area contributed by atoms with Gasteiger partial charge in [0.2, 0.25) is 5.88 Å². The fourth-order valence-corrected chi connectivity index (χ4v) is 3.04. The Morgan fingerprint density at radius 3 is 2.38 bits per heavy atom. The molecule has 4 rings (SSSR count). The maximum atomic E-state index is 13.0. The molecule has 0 aliphatic heterocycles. The van der Waals surface area contributed by atoms with Gasteiger partial charge in [-0.1, -0.05) is 42.5 Å². The predicted molar refractivity (Wildman–Crippen MR) is 114 cm³/mol. The van der Waals surface area contributed by atoms with Crippen molar-refractivity contribution in [3.63, 3.8) is 0 Å². The average Bonchev–Trinajstić information content (AvgIpc) is 3.58. The largest absolute Gasteiger partial charge is 0.497 e. The molecular weight excluding hydrogens is 364 g/mol. The molecule has 0 atom stereocenters. The standard InChI is InChI=1S/C24H24N2O3/c1-26-22(15-17-6-4-3-5-7-17)23(29-16-19-8-9-19)25-21(24(26)27)14-18-10-12-20(28-2)13-11-18/h3-7,10-15,19H,8-9,16H2,1-2H3/b21-14-,22-15-. The molecule has 1 heterocycles. The van der Waals surface area contributed by atoms with Crippen molar-refractivity contribution >= 4 is 12.2 Å². The van der Waals surface area contributed by atoms with Gasteiger partial charge in [-0.05, 0) is 54.2 Å². The molecule has 0 amide bonds. The summed E-state index contributed by atoms with van der Waals surface area (Å²) in [4.78, 5) is 17.6. The number of nitrogens with zero attached hydrogens (tertiary/aromatic N) is 2. The molecule has 148 valence electrons. The van der Waals surface area contributed by atoms with Gasteiger partial charge in [0.15, 0.2) is 0 Å². The minimum Gasteiger partial charge on any atom is -0.497 e. The number of methoxy groups -OCH3 is 1. The summed E-state index contributed by atoms with van der Waals surface area (Å²) in [6.45, 7) is 0.628. The highest BCUT2D eigenvalue weighted by molar-refractivity contribution is 5.51. The van der Waals surface area contributed by atoms with Crippen LogP contribution in [0.5, 0.6) is 11.6 Å². The van der Waals surface area contributed by atoms with E-state index in [4.69, 9.17) is 9.47 Å². The van der Waals surface area contributed by atoms with Crippen LogP contribution in [0.2, 0.25) is 0 Å². The Bertz CT molecular complexity index is 1160. The summed E-state index contributed by atoms with van der Waals surface area (Å²) in [5.74, 6) is 1.85. The molecule has 0 bridgehead atoms. The quantitative estimate of drug-likeness (QED) is 0.650. The molecule has 0 saturated heterocycles. The van der Waals surface area contributed by atoms with Crippen LogP contribution in [0, 0.1) is 5.92 Å². The van der Waals surface area contributed by atoms with E-state index >= 15 is 0 Å². The fourth-order valence-electron chi connectivity index (χ4n) is 3.04. The van der Waals surface area contributed by atoms with E-state index in [-0.39, 0.29) is 5.56 Å². The molecule has 1 fully saturated rings. The Morgan fingerprint density at radius 2 is 1.72 bits per heavy atom. The van der Waals surface area contributed by atoms with Crippen LogP contribution >= 0.6 is 0 Å². The maximum Gasteiger partial charge on any atom is 0.276 e. The van der Waals surface area contributed by atoms with Gasteiger partial charge in [0, 0.05) is 7.05 Å². The van der Waals surface area contributed by atoms with Crippen molar-refractivity contribution in [1.82, 2.24) is 9.55 Å². The minimum atomic E-state index is -0.165. The van der Waals surface area contributed by atoms with Crippen LogP contribution in [0.1, 0.15) is 24.0 Å². The Labute approximate surface area is 169 Å². The van der Waals surface area contributed by atoms with Crippen molar-refractivity contribution in [2.75, 3.05) is 13.7 Å². The van der Waals surface area contributed by atoms with Crippen molar-refractivity contribution < 1.29 is 9.47 Å². The van der Waals surface area contributed by atoms with Crippen molar-refractivity contribution in [3.8, 4) is 11.6 Å². The van der Waals surface area contributed by atoms with E-state index < -0.39 is 0 Å². The number of benzene rings is 2. The minimum absolute atomic E-state index is 0.165. The van der Waals surface area contributed by atoms with Gasteiger partial charge >= 0.3 is 0 Å². The maximum absolute atomic E-state index is 13.0. The third kappa shape index (κ3) is 4.57. The Hall–Kier alpha value is -3.34. The number of aromatic nitrogens is 2. The summed E-state index contributed by atoms with van der Waals surface area (Å²) in [5.41, 5.74) is 1.71. The lowest BCUT2D eigenvalue weighted by atomic mass is 10.2. The van der Waals surface area contributed by atoms with E-state index in [1.54, 1.807) is 24.8 Å². The molecule has 1 aromatic heterocycles. The first-order chi connectivity index (χ1) is 14.1. The van der Waals surface area contributed by atoms with E-state index in [1.165, 1.54) is 12.8 Å². The van der Waals surface area contributed by atoms with Crippen LogP contribution in [-0.4, -0.2) is 23.3 Å². The Morgan fingerprint density at radius 1 is 1.03 bits per heavy atom.